The van der Waals surface area contributed by atoms with E-state index in [1.54, 1.807) is 18.2 Å². The van der Waals surface area contributed by atoms with Gasteiger partial charge in [-0.2, -0.15) is 0 Å². The Morgan fingerprint density at radius 1 is 1.35 bits per heavy atom. The van der Waals surface area contributed by atoms with Crippen LogP contribution in [0.5, 0.6) is 0 Å². The Balaban J connectivity index is 1.93. The van der Waals surface area contributed by atoms with Gasteiger partial charge in [0, 0.05) is 15.5 Å². The van der Waals surface area contributed by atoms with E-state index in [4.69, 9.17) is 0 Å². The van der Waals surface area contributed by atoms with E-state index in [9.17, 15) is 8.42 Å². The maximum absolute atomic E-state index is 12.2. The fourth-order valence-electron chi connectivity index (χ4n) is 2.34. The number of hydrogen-bond acceptors (Lipinski definition) is 3. The third-order valence-corrected chi connectivity index (χ3v) is 6.36. The second-order valence-corrected chi connectivity index (χ2v) is 8.48. The van der Waals surface area contributed by atoms with Crippen LogP contribution in [0.4, 0.5) is 0 Å². The SMILES string of the molecule is O=S(=O)(NCCC1CCCNC1)c1ccc(Br)cc1Br. The Kier molecular flexibility index (Phi) is 6.04. The number of halogens is 2. The monoisotopic (exact) mass is 424 g/mol. The lowest BCUT2D eigenvalue weighted by molar-refractivity contribution is 0.358. The van der Waals surface area contributed by atoms with Crippen LogP contribution in [0, 0.1) is 5.92 Å². The molecule has 7 heteroatoms. The van der Waals surface area contributed by atoms with E-state index in [0.717, 1.165) is 24.0 Å². The molecule has 1 aromatic rings. The van der Waals surface area contributed by atoms with Gasteiger partial charge in [0.15, 0.2) is 0 Å². The fraction of sp³-hybridized carbons (Fsp3) is 0.538. The zero-order valence-electron chi connectivity index (χ0n) is 11.0. The first-order chi connectivity index (χ1) is 9.49. The van der Waals surface area contributed by atoms with Crippen LogP contribution in [0.15, 0.2) is 32.0 Å². The molecule has 1 atom stereocenters. The molecule has 0 bridgehead atoms. The van der Waals surface area contributed by atoms with Crippen molar-refractivity contribution >= 4 is 41.9 Å². The van der Waals surface area contributed by atoms with Gasteiger partial charge >= 0.3 is 0 Å². The van der Waals surface area contributed by atoms with Crippen molar-refractivity contribution in [2.75, 3.05) is 19.6 Å². The number of hydrogen-bond donors (Lipinski definition) is 2. The van der Waals surface area contributed by atoms with Crippen molar-refractivity contribution in [2.45, 2.75) is 24.2 Å². The lowest BCUT2D eigenvalue weighted by atomic mass is 9.96. The molecule has 1 aliphatic rings. The lowest BCUT2D eigenvalue weighted by Crippen LogP contribution is -2.33. The molecule has 2 N–H and O–H groups in total. The molecule has 0 radical (unpaired) electrons. The van der Waals surface area contributed by atoms with Gasteiger partial charge < -0.3 is 5.32 Å². The highest BCUT2D eigenvalue weighted by atomic mass is 79.9. The first kappa shape index (κ1) is 16.4. The Bertz CT molecular complexity index is 557. The van der Waals surface area contributed by atoms with E-state index in [1.807, 2.05) is 0 Å². The minimum Gasteiger partial charge on any atom is -0.316 e. The molecule has 0 aliphatic carbocycles. The Labute approximate surface area is 137 Å². The van der Waals surface area contributed by atoms with E-state index >= 15 is 0 Å². The van der Waals surface area contributed by atoms with E-state index in [1.165, 1.54) is 12.8 Å². The predicted molar refractivity (Wildman–Crippen MR) is 87.2 cm³/mol. The van der Waals surface area contributed by atoms with Gasteiger partial charge in [0.25, 0.3) is 0 Å². The molecule has 1 heterocycles. The summed E-state index contributed by atoms with van der Waals surface area (Å²) in [6, 6.07) is 5.06. The third-order valence-electron chi connectivity index (χ3n) is 3.43. The highest BCUT2D eigenvalue weighted by Crippen LogP contribution is 2.25. The van der Waals surface area contributed by atoms with Crippen molar-refractivity contribution in [1.82, 2.24) is 10.0 Å². The van der Waals surface area contributed by atoms with Crippen LogP contribution in [-0.4, -0.2) is 28.1 Å². The molecule has 112 valence electrons. The van der Waals surface area contributed by atoms with Crippen LogP contribution >= 0.6 is 31.9 Å². The largest absolute Gasteiger partial charge is 0.316 e. The Morgan fingerprint density at radius 2 is 2.15 bits per heavy atom. The van der Waals surface area contributed by atoms with Crippen LogP contribution in [0.25, 0.3) is 0 Å². The molecule has 1 unspecified atom stereocenters. The fourth-order valence-corrected chi connectivity index (χ4v) is 5.13. The molecule has 0 amide bonds. The molecule has 0 saturated carbocycles. The number of rotatable bonds is 5. The number of nitrogens with one attached hydrogen (secondary N) is 2. The van der Waals surface area contributed by atoms with Crippen molar-refractivity contribution in [3.05, 3.63) is 27.1 Å². The van der Waals surface area contributed by atoms with E-state index < -0.39 is 10.0 Å². The van der Waals surface area contributed by atoms with Gasteiger partial charge in [0.2, 0.25) is 10.0 Å². The highest BCUT2D eigenvalue weighted by molar-refractivity contribution is 9.11. The number of piperidine rings is 1. The molecular formula is C13H18Br2N2O2S. The molecule has 4 nitrogen and oxygen atoms in total. The van der Waals surface area contributed by atoms with Gasteiger partial charge in [-0.3, -0.25) is 0 Å². The van der Waals surface area contributed by atoms with Crippen molar-refractivity contribution in [1.29, 1.82) is 0 Å². The quantitative estimate of drug-likeness (QED) is 0.762. The topological polar surface area (TPSA) is 58.2 Å². The molecule has 0 aromatic heterocycles. The normalized spacial score (nSPS) is 20.0. The second kappa shape index (κ2) is 7.35. The summed E-state index contributed by atoms with van der Waals surface area (Å²) in [6.45, 7) is 2.55. The molecule has 20 heavy (non-hydrogen) atoms. The summed E-state index contributed by atoms with van der Waals surface area (Å²) in [5.41, 5.74) is 0. The summed E-state index contributed by atoms with van der Waals surface area (Å²) in [7, 11) is -3.45. The predicted octanol–water partition coefficient (Wildman–Crippen LogP) is 2.88. The summed E-state index contributed by atoms with van der Waals surface area (Å²) in [5, 5.41) is 3.34. The smallest absolute Gasteiger partial charge is 0.241 e. The van der Waals surface area contributed by atoms with Crippen LogP contribution < -0.4 is 10.0 Å². The minimum atomic E-state index is -3.45. The molecule has 1 aromatic carbocycles. The summed E-state index contributed by atoms with van der Waals surface area (Å²) >= 11 is 6.61. The minimum absolute atomic E-state index is 0.280. The molecule has 1 fully saturated rings. The van der Waals surface area contributed by atoms with Crippen molar-refractivity contribution in [3.8, 4) is 0 Å². The maximum atomic E-state index is 12.2. The highest BCUT2D eigenvalue weighted by Gasteiger charge is 2.19. The van der Waals surface area contributed by atoms with Crippen LogP contribution in [0.3, 0.4) is 0 Å². The summed E-state index contributed by atoms with van der Waals surface area (Å²) < 4.78 is 28.6. The van der Waals surface area contributed by atoms with Crippen molar-refractivity contribution in [2.24, 2.45) is 5.92 Å². The first-order valence-corrected chi connectivity index (χ1v) is 9.71. The molecule has 2 rings (SSSR count). The third kappa shape index (κ3) is 4.53. The van der Waals surface area contributed by atoms with Crippen molar-refractivity contribution in [3.63, 3.8) is 0 Å². The van der Waals surface area contributed by atoms with Crippen LogP contribution in [-0.2, 0) is 10.0 Å². The second-order valence-electron chi connectivity index (χ2n) is 4.97. The average molecular weight is 426 g/mol. The molecule has 1 saturated heterocycles. The van der Waals surface area contributed by atoms with E-state index in [2.05, 4.69) is 41.9 Å². The zero-order chi connectivity index (χ0) is 14.6. The molecule has 0 spiro atoms. The van der Waals surface area contributed by atoms with Gasteiger partial charge in [0.1, 0.15) is 0 Å². The zero-order valence-corrected chi connectivity index (χ0v) is 15.0. The first-order valence-electron chi connectivity index (χ1n) is 6.64. The van der Waals surface area contributed by atoms with E-state index in [0.29, 0.717) is 16.9 Å². The molecule has 1 aliphatic heterocycles. The Hall–Kier alpha value is 0.0500. The van der Waals surface area contributed by atoms with Crippen LogP contribution in [0.2, 0.25) is 0 Å². The van der Waals surface area contributed by atoms with E-state index in [-0.39, 0.29) is 4.90 Å². The van der Waals surface area contributed by atoms with Gasteiger partial charge in [-0.1, -0.05) is 15.9 Å². The van der Waals surface area contributed by atoms with Gasteiger partial charge in [-0.15, -0.1) is 0 Å². The Morgan fingerprint density at radius 3 is 2.80 bits per heavy atom. The maximum Gasteiger partial charge on any atom is 0.241 e. The standard InChI is InChI=1S/C13H18Br2N2O2S/c14-11-3-4-13(12(15)8-11)20(18,19)17-7-5-10-2-1-6-16-9-10/h3-4,8,10,16-17H,1-2,5-7,9H2. The lowest BCUT2D eigenvalue weighted by Gasteiger charge is -2.22. The van der Waals surface area contributed by atoms with Gasteiger partial charge in [-0.25, -0.2) is 13.1 Å². The van der Waals surface area contributed by atoms with Gasteiger partial charge in [-0.05, 0) is 72.4 Å². The van der Waals surface area contributed by atoms with Gasteiger partial charge in [0.05, 0.1) is 4.90 Å². The van der Waals surface area contributed by atoms with Crippen LogP contribution in [0.1, 0.15) is 19.3 Å². The summed E-state index contributed by atoms with van der Waals surface area (Å²) in [6.07, 6.45) is 3.23. The molecular weight excluding hydrogens is 408 g/mol. The number of sulfonamides is 1. The average Bonchev–Trinajstić information content (AvgIpc) is 2.39. The van der Waals surface area contributed by atoms with Crippen molar-refractivity contribution < 1.29 is 8.42 Å². The summed E-state index contributed by atoms with van der Waals surface area (Å²) in [5.74, 6) is 0.569. The summed E-state index contributed by atoms with van der Waals surface area (Å²) in [4.78, 5) is 0.280. The number of benzene rings is 1.